The van der Waals surface area contributed by atoms with Crippen LogP contribution in [0.4, 0.5) is 20.2 Å². The molecule has 2 aromatic rings. The molecule has 1 heterocycles. The molecule has 3 N–H and O–H groups in total. The third-order valence-electron chi connectivity index (χ3n) is 2.38. The number of nitrogen functional groups attached to an aromatic ring is 1. The number of nitrogens with zero attached hydrogens (tertiary/aromatic N) is 2. The van der Waals surface area contributed by atoms with Crippen LogP contribution in [0.25, 0.3) is 0 Å². The predicted octanol–water partition coefficient (Wildman–Crippen LogP) is 1.53. The molecule has 0 radical (unpaired) electrons. The van der Waals surface area contributed by atoms with E-state index in [1.807, 2.05) is 0 Å². The fourth-order valence-corrected chi connectivity index (χ4v) is 1.52. The Balaban J connectivity index is 2.33. The van der Waals surface area contributed by atoms with Gasteiger partial charge in [-0.2, -0.15) is 5.10 Å². The zero-order valence-corrected chi connectivity index (χ0v) is 9.45. The summed E-state index contributed by atoms with van der Waals surface area (Å²) in [4.78, 5) is 11.8. The summed E-state index contributed by atoms with van der Waals surface area (Å²) in [6.45, 7) is 0. The van der Waals surface area contributed by atoms with Crippen molar-refractivity contribution >= 4 is 17.3 Å². The molecule has 0 aliphatic carbocycles. The molecule has 0 spiro atoms. The summed E-state index contributed by atoms with van der Waals surface area (Å²) in [5.41, 5.74) is 5.20. The predicted molar refractivity (Wildman–Crippen MR) is 61.9 cm³/mol. The van der Waals surface area contributed by atoms with Gasteiger partial charge in [0.1, 0.15) is 23.0 Å². The molecule has 0 atom stereocenters. The first-order chi connectivity index (χ1) is 8.50. The summed E-state index contributed by atoms with van der Waals surface area (Å²) in [5, 5.41) is 5.90. The molecular weight excluding hydrogens is 242 g/mol. The maximum absolute atomic E-state index is 13.3. The Morgan fingerprint density at radius 3 is 2.50 bits per heavy atom. The highest BCUT2D eigenvalue weighted by Gasteiger charge is 2.18. The molecule has 1 aromatic carbocycles. The molecule has 7 heteroatoms. The lowest BCUT2D eigenvalue weighted by Gasteiger charge is -2.08. The summed E-state index contributed by atoms with van der Waals surface area (Å²) >= 11 is 0. The minimum atomic E-state index is -0.857. The molecule has 94 valence electrons. The molecule has 0 saturated carbocycles. The number of halogens is 2. The van der Waals surface area contributed by atoms with E-state index in [1.54, 1.807) is 0 Å². The molecule has 2 rings (SSSR count). The first kappa shape index (κ1) is 12.0. The number of nitrogens with one attached hydrogen (secondary N) is 1. The molecule has 5 nitrogen and oxygen atoms in total. The second-order valence-corrected chi connectivity index (χ2v) is 3.62. The number of nitrogens with two attached hydrogens (primary N) is 1. The number of anilines is 2. The Hall–Kier alpha value is -2.44. The SMILES string of the molecule is Cn1ncc(N)c1C(=O)Nc1c(F)cccc1F. The molecule has 0 aliphatic heterocycles. The van der Waals surface area contributed by atoms with Crippen molar-refractivity contribution in [3.8, 4) is 0 Å². The fraction of sp³-hybridized carbons (Fsp3) is 0.0909. The van der Waals surface area contributed by atoms with Gasteiger partial charge in [-0.15, -0.1) is 0 Å². The van der Waals surface area contributed by atoms with Crippen LogP contribution in [-0.4, -0.2) is 15.7 Å². The highest BCUT2D eigenvalue weighted by Crippen LogP contribution is 2.20. The van der Waals surface area contributed by atoms with Gasteiger partial charge in [-0.1, -0.05) is 6.07 Å². The van der Waals surface area contributed by atoms with E-state index in [0.717, 1.165) is 12.1 Å². The fourth-order valence-electron chi connectivity index (χ4n) is 1.52. The number of aryl methyl sites for hydroxylation is 1. The lowest BCUT2D eigenvalue weighted by atomic mass is 10.2. The van der Waals surface area contributed by atoms with Gasteiger partial charge in [-0.05, 0) is 12.1 Å². The first-order valence-corrected chi connectivity index (χ1v) is 5.03. The lowest BCUT2D eigenvalue weighted by Crippen LogP contribution is -2.19. The van der Waals surface area contributed by atoms with Crippen LogP contribution in [0, 0.1) is 11.6 Å². The van der Waals surface area contributed by atoms with E-state index >= 15 is 0 Å². The number of amides is 1. The molecule has 0 fully saturated rings. The van der Waals surface area contributed by atoms with Crippen molar-refractivity contribution in [1.29, 1.82) is 0 Å². The van der Waals surface area contributed by atoms with Crippen LogP contribution in [0.3, 0.4) is 0 Å². The maximum atomic E-state index is 13.3. The average molecular weight is 252 g/mol. The molecule has 0 aliphatic rings. The number of rotatable bonds is 2. The molecule has 0 unspecified atom stereocenters. The van der Waals surface area contributed by atoms with Crippen LogP contribution in [0.1, 0.15) is 10.5 Å². The number of carbonyl (C=O) groups excluding carboxylic acids is 1. The minimum absolute atomic E-state index is 0.0395. The zero-order chi connectivity index (χ0) is 13.3. The van der Waals surface area contributed by atoms with Crippen molar-refractivity contribution in [2.75, 3.05) is 11.1 Å². The monoisotopic (exact) mass is 252 g/mol. The number of benzene rings is 1. The van der Waals surface area contributed by atoms with E-state index in [9.17, 15) is 13.6 Å². The van der Waals surface area contributed by atoms with Crippen LogP contribution in [0.15, 0.2) is 24.4 Å². The normalized spacial score (nSPS) is 10.4. The number of hydrogen-bond acceptors (Lipinski definition) is 3. The van der Waals surface area contributed by atoms with Crippen molar-refractivity contribution in [1.82, 2.24) is 9.78 Å². The maximum Gasteiger partial charge on any atom is 0.276 e. The van der Waals surface area contributed by atoms with Gasteiger partial charge in [0.25, 0.3) is 5.91 Å². The van der Waals surface area contributed by atoms with Crippen molar-refractivity contribution in [3.05, 3.63) is 41.7 Å². The van der Waals surface area contributed by atoms with Gasteiger partial charge >= 0.3 is 0 Å². The van der Waals surface area contributed by atoms with Crippen molar-refractivity contribution < 1.29 is 13.6 Å². The van der Waals surface area contributed by atoms with Gasteiger partial charge in [0.2, 0.25) is 0 Å². The molecule has 1 aromatic heterocycles. The van der Waals surface area contributed by atoms with Gasteiger partial charge in [0.15, 0.2) is 0 Å². The Kier molecular flexibility index (Phi) is 2.97. The van der Waals surface area contributed by atoms with Crippen molar-refractivity contribution in [3.63, 3.8) is 0 Å². The minimum Gasteiger partial charge on any atom is -0.396 e. The highest BCUT2D eigenvalue weighted by atomic mass is 19.1. The summed E-state index contributed by atoms with van der Waals surface area (Å²) in [6.07, 6.45) is 1.28. The first-order valence-electron chi connectivity index (χ1n) is 5.03. The Morgan fingerprint density at radius 2 is 2.00 bits per heavy atom. The highest BCUT2D eigenvalue weighted by molar-refractivity contribution is 6.06. The van der Waals surface area contributed by atoms with Crippen LogP contribution in [0.5, 0.6) is 0 Å². The third-order valence-corrected chi connectivity index (χ3v) is 2.38. The topological polar surface area (TPSA) is 72.9 Å². The van der Waals surface area contributed by atoms with Gasteiger partial charge in [-0.3, -0.25) is 9.48 Å². The quantitative estimate of drug-likeness (QED) is 0.851. The molecule has 18 heavy (non-hydrogen) atoms. The van der Waals surface area contributed by atoms with Gasteiger partial charge in [-0.25, -0.2) is 8.78 Å². The van der Waals surface area contributed by atoms with E-state index < -0.39 is 23.2 Å². The van der Waals surface area contributed by atoms with E-state index in [1.165, 1.54) is 24.0 Å². The lowest BCUT2D eigenvalue weighted by molar-refractivity contribution is 0.101. The Labute approximate surface area is 101 Å². The molecule has 0 bridgehead atoms. The average Bonchev–Trinajstić information content (AvgIpc) is 2.64. The van der Waals surface area contributed by atoms with Gasteiger partial charge in [0.05, 0.1) is 11.9 Å². The second-order valence-electron chi connectivity index (χ2n) is 3.62. The third kappa shape index (κ3) is 2.02. The number of aromatic nitrogens is 2. The number of hydrogen-bond donors (Lipinski definition) is 2. The summed E-state index contributed by atoms with van der Waals surface area (Å²) in [7, 11) is 1.50. The van der Waals surface area contributed by atoms with Crippen LogP contribution >= 0.6 is 0 Å². The van der Waals surface area contributed by atoms with E-state index in [0.29, 0.717) is 0 Å². The molecular formula is C11H10F2N4O. The smallest absolute Gasteiger partial charge is 0.276 e. The van der Waals surface area contributed by atoms with Crippen LogP contribution in [0.2, 0.25) is 0 Å². The van der Waals surface area contributed by atoms with Gasteiger partial charge in [0, 0.05) is 7.05 Å². The van der Waals surface area contributed by atoms with Crippen molar-refractivity contribution in [2.45, 2.75) is 0 Å². The zero-order valence-electron chi connectivity index (χ0n) is 9.45. The van der Waals surface area contributed by atoms with Crippen LogP contribution < -0.4 is 11.1 Å². The molecule has 0 saturated heterocycles. The summed E-state index contributed by atoms with van der Waals surface area (Å²) in [6, 6.07) is 3.30. The van der Waals surface area contributed by atoms with E-state index in [2.05, 4.69) is 10.4 Å². The summed E-state index contributed by atoms with van der Waals surface area (Å²) < 4.78 is 27.9. The Bertz CT molecular complexity index is 569. The number of para-hydroxylation sites is 1. The van der Waals surface area contributed by atoms with Crippen molar-refractivity contribution in [2.24, 2.45) is 7.05 Å². The van der Waals surface area contributed by atoms with E-state index in [4.69, 9.17) is 5.73 Å². The second kappa shape index (κ2) is 4.44. The Morgan fingerprint density at radius 1 is 1.39 bits per heavy atom. The molecule has 1 amide bonds. The summed E-state index contributed by atoms with van der Waals surface area (Å²) in [5.74, 6) is -2.44. The van der Waals surface area contributed by atoms with E-state index in [-0.39, 0.29) is 11.4 Å². The standard InChI is InChI=1S/C11H10F2N4O/c1-17-10(8(14)5-15-17)11(18)16-9-6(12)3-2-4-7(9)13/h2-5H,14H2,1H3,(H,16,18). The largest absolute Gasteiger partial charge is 0.396 e. The number of carbonyl (C=O) groups is 1. The van der Waals surface area contributed by atoms with Gasteiger partial charge < -0.3 is 11.1 Å². The van der Waals surface area contributed by atoms with Crippen LogP contribution in [-0.2, 0) is 7.05 Å².